The van der Waals surface area contributed by atoms with E-state index in [0.29, 0.717) is 39.1 Å². The van der Waals surface area contributed by atoms with Crippen LogP contribution in [0.4, 0.5) is 0 Å². The summed E-state index contributed by atoms with van der Waals surface area (Å²) in [7, 11) is 1.66. The van der Waals surface area contributed by atoms with Crippen molar-refractivity contribution in [1.82, 2.24) is 14.5 Å². The first-order valence-electron chi connectivity index (χ1n) is 8.64. The molecule has 0 aliphatic carbocycles. The number of ether oxygens (including phenoxy) is 1. The highest BCUT2D eigenvalue weighted by Crippen LogP contribution is 2.37. The number of aliphatic hydroxyl groups excluding tert-OH is 1. The third-order valence-electron chi connectivity index (χ3n) is 4.79. The SMILES string of the molecule is CCC[C@]1(C(=O)O)CCN(Cc2cncn2CCOC)C[C@H]1O.O=CO. The Bertz CT molecular complexity index is 564. The van der Waals surface area contributed by atoms with Crippen LogP contribution in [0.3, 0.4) is 0 Å². The Kier molecular flexibility index (Phi) is 9.25. The number of β-amino-alcohol motifs (C(OH)–C–C–N with tert-alkyl or cyclic N) is 1. The van der Waals surface area contributed by atoms with Gasteiger partial charge < -0.3 is 24.6 Å². The molecule has 1 saturated heterocycles. The predicted octanol–water partition coefficient (Wildman–Crippen LogP) is 0.668. The van der Waals surface area contributed by atoms with Gasteiger partial charge in [0.2, 0.25) is 0 Å². The van der Waals surface area contributed by atoms with Crippen LogP contribution < -0.4 is 0 Å². The maximum absolute atomic E-state index is 11.7. The summed E-state index contributed by atoms with van der Waals surface area (Å²) in [6.45, 7) is 4.75. The van der Waals surface area contributed by atoms with Gasteiger partial charge in [0.15, 0.2) is 0 Å². The highest BCUT2D eigenvalue weighted by atomic mass is 16.5. The Labute approximate surface area is 153 Å². The van der Waals surface area contributed by atoms with Crippen molar-refractivity contribution < 1.29 is 29.6 Å². The fraction of sp³-hybridized carbons (Fsp3) is 0.706. The average molecular weight is 371 g/mol. The van der Waals surface area contributed by atoms with Gasteiger partial charge in [-0.05, 0) is 19.4 Å². The number of likely N-dealkylation sites (tertiary alicyclic amines) is 1. The van der Waals surface area contributed by atoms with Gasteiger partial charge in [-0.1, -0.05) is 13.3 Å². The van der Waals surface area contributed by atoms with Crippen molar-refractivity contribution in [3.8, 4) is 0 Å². The van der Waals surface area contributed by atoms with Gasteiger partial charge in [-0.3, -0.25) is 14.5 Å². The number of rotatable bonds is 8. The van der Waals surface area contributed by atoms with E-state index in [1.54, 1.807) is 13.4 Å². The zero-order chi connectivity index (χ0) is 19.6. The van der Waals surface area contributed by atoms with Gasteiger partial charge in [0.1, 0.15) is 0 Å². The van der Waals surface area contributed by atoms with Gasteiger partial charge in [0.25, 0.3) is 6.47 Å². The number of aromatic nitrogens is 2. The predicted molar refractivity (Wildman–Crippen MR) is 93.7 cm³/mol. The van der Waals surface area contributed by atoms with E-state index >= 15 is 0 Å². The number of nitrogens with zero attached hydrogens (tertiary/aromatic N) is 3. The van der Waals surface area contributed by atoms with E-state index in [1.807, 2.05) is 17.7 Å². The number of piperidine rings is 1. The summed E-state index contributed by atoms with van der Waals surface area (Å²) in [6, 6.07) is 0. The van der Waals surface area contributed by atoms with E-state index in [-0.39, 0.29) is 6.47 Å². The lowest BCUT2D eigenvalue weighted by atomic mass is 9.73. The lowest BCUT2D eigenvalue weighted by molar-refractivity contribution is -0.164. The molecule has 148 valence electrons. The first-order chi connectivity index (χ1) is 12.4. The Morgan fingerprint density at radius 3 is 2.77 bits per heavy atom. The molecule has 1 aliphatic heterocycles. The number of imidazole rings is 1. The Morgan fingerprint density at radius 2 is 2.23 bits per heavy atom. The molecule has 0 radical (unpaired) electrons. The minimum Gasteiger partial charge on any atom is -0.483 e. The summed E-state index contributed by atoms with van der Waals surface area (Å²) in [5, 5.41) is 26.9. The number of hydrogen-bond acceptors (Lipinski definition) is 6. The monoisotopic (exact) mass is 371 g/mol. The number of hydrogen-bond donors (Lipinski definition) is 3. The van der Waals surface area contributed by atoms with Crippen molar-refractivity contribution in [2.75, 3.05) is 26.8 Å². The largest absolute Gasteiger partial charge is 0.483 e. The third-order valence-corrected chi connectivity index (χ3v) is 4.79. The second kappa shape index (κ2) is 10.9. The fourth-order valence-corrected chi connectivity index (χ4v) is 3.37. The van der Waals surface area contributed by atoms with Crippen LogP contribution in [-0.2, 0) is 27.4 Å². The van der Waals surface area contributed by atoms with Crippen LogP contribution >= 0.6 is 0 Å². The van der Waals surface area contributed by atoms with Gasteiger partial charge in [0, 0.05) is 32.9 Å². The van der Waals surface area contributed by atoms with Crippen LogP contribution in [0, 0.1) is 5.41 Å². The molecule has 1 aliphatic rings. The normalized spacial score (nSPS) is 23.1. The Morgan fingerprint density at radius 1 is 1.54 bits per heavy atom. The summed E-state index contributed by atoms with van der Waals surface area (Å²) in [5.74, 6) is -0.878. The molecule has 3 N–H and O–H groups in total. The van der Waals surface area contributed by atoms with Crippen molar-refractivity contribution >= 4 is 12.4 Å². The highest BCUT2D eigenvalue weighted by molar-refractivity contribution is 5.75. The van der Waals surface area contributed by atoms with Gasteiger partial charge >= 0.3 is 5.97 Å². The standard InChI is InChI=1S/C16H27N3O4.CH2O2/c1-3-4-16(15(21)22)5-6-18(11-14(16)20)10-13-9-17-12-19(13)7-8-23-2;2-1-3/h9,12,14,20H,3-8,10-11H2,1-2H3,(H,21,22);1H,(H,2,3)/t14-,16+;/m1./s1. The number of carboxylic acid groups (broad SMARTS) is 2. The van der Waals surface area contributed by atoms with Gasteiger partial charge in [-0.15, -0.1) is 0 Å². The minimum absolute atomic E-state index is 0.250. The maximum atomic E-state index is 11.7. The number of aliphatic carboxylic acids is 1. The van der Waals surface area contributed by atoms with Crippen molar-refractivity contribution in [3.63, 3.8) is 0 Å². The number of carbonyl (C=O) groups is 2. The summed E-state index contributed by atoms with van der Waals surface area (Å²) in [4.78, 5) is 26.3. The molecule has 9 nitrogen and oxygen atoms in total. The molecule has 2 heterocycles. The zero-order valence-corrected chi connectivity index (χ0v) is 15.4. The first-order valence-corrected chi connectivity index (χ1v) is 8.64. The van der Waals surface area contributed by atoms with Crippen molar-refractivity contribution in [2.45, 2.75) is 45.4 Å². The van der Waals surface area contributed by atoms with Crippen LogP contribution in [0.5, 0.6) is 0 Å². The van der Waals surface area contributed by atoms with E-state index in [9.17, 15) is 15.0 Å². The van der Waals surface area contributed by atoms with Crippen LogP contribution in [0.25, 0.3) is 0 Å². The second-order valence-corrected chi connectivity index (χ2v) is 6.39. The molecule has 1 fully saturated rings. The molecule has 1 aromatic rings. The smallest absolute Gasteiger partial charge is 0.312 e. The van der Waals surface area contributed by atoms with Gasteiger partial charge in [0.05, 0.1) is 30.1 Å². The Hall–Kier alpha value is -1.97. The lowest BCUT2D eigenvalue weighted by Gasteiger charge is -2.42. The third kappa shape index (κ3) is 5.52. The molecule has 0 unspecified atom stereocenters. The van der Waals surface area contributed by atoms with Crippen molar-refractivity contribution in [2.24, 2.45) is 5.41 Å². The van der Waals surface area contributed by atoms with E-state index in [4.69, 9.17) is 14.6 Å². The number of methoxy groups -OCH3 is 1. The van der Waals surface area contributed by atoms with Crippen LogP contribution in [0.15, 0.2) is 12.5 Å². The Balaban J connectivity index is 0.00000105. The summed E-state index contributed by atoms with van der Waals surface area (Å²) >= 11 is 0. The van der Waals surface area contributed by atoms with E-state index in [2.05, 4.69) is 9.88 Å². The molecule has 0 aromatic carbocycles. The number of aliphatic hydroxyl groups is 1. The fourth-order valence-electron chi connectivity index (χ4n) is 3.37. The zero-order valence-electron chi connectivity index (χ0n) is 15.4. The van der Waals surface area contributed by atoms with Gasteiger partial charge in [-0.25, -0.2) is 4.98 Å². The quantitative estimate of drug-likeness (QED) is 0.569. The van der Waals surface area contributed by atoms with Crippen molar-refractivity contribution in [3.05, 3.63) is 18.2 Å². The molecule has 1 aromatic heterocycles. The molecule has 0 amide bonds. The highest BCUT2D eigenvalue weighted by Gasteiger charge is 2.47. The van der Waals surface area contributed by atoms with Crippen LogP contribution in [-0.4, -0.2) is 75.1 Å². The molecule has 9 heteroatoms. The maximum Gasteiger partial charge on any atom is 0.312 e. The molecule has 0 saturated carbocycles. The van der Waals surface area contributed by atoms with E-state index < -0.39 is 17.5 Å². The summed E-state index contributed by atoms with van der Waals surface area (Å²) in [5.41, 5.74) is 0.0502. The van der Waals surface area contributed by atoms with Crippen LogP contribution in [0.2, 0.25) is 0 Å². The number of carboxylic acids is 1. The minimum atomic E-state index is -0.998. The molecule has 0 bridgehead atoms. The lowest BCUT2D eigenvalue weighted by Crippen LogP contribution is -2.54. The summed E-state index contributed by atoms with van der Waals surface area (Å²) in [6.07, 6.45) is 4.49. The molecular weight excluding hydrogens is 342 g/mol. The molecule has 2 atom stereocenters. The van der Waals surface area contributed by atoms with E-state index in [1.165, 1.54) is 0 Å². The summed E-state index contributed by atoms with van der Waals surface area (Å²) < 4.78 is 7.12. The molecule has 2 rings (SSSR count). The van der Waals surface area contributed by atoms with Crippen LogP contribution in [0.1, 0.15) is 31.9 Å². The molecule has 0 spiro atoms. The average Bonchev–Trinajstić information content (AvgIpc) is 3.03. The van der Waals surface area contributed by atoms with E-state index in [0.717, 1.165) is 18.7 Å². The molecular formula is C17H29N3O6. The first kappa shape index (κ1) is 22.1. The van der Waals surface area contributed by atoms with Crippen molar-refractivity contribution in [1.29, 1.82) is 0 Å². The van der Waals surface area contributed by atoms with Gasteiger partial charge in [-0.2, -0.15) is 0 Å². The molecule has 26 heavy (non-hydrogen) atoms. The second-order valence-electron chi connectivity index (χ2n) is 6.39. The topological polar surface area (TPSA) is 125 Å².